The van der Waals surface area contributed by atoms with Gasteiger partial charge in [-0.3, -0.25) is 4.79 Å². The summed E-state index contributed by atoms with van der Waals surface area (Å²) in [6.07, 6.45) is 1.54. The van der Waals surface area contributed by atoms with E-state index in [0.717, 1.165) is 6.42 Å². The maximum absolute atomic E-state index is 12.2. The fourth-order valence-corrected chi connectivity index (χ4v) is 3.02. The van der Waals surface area contributed by atoms with Crippen molar-refractivity contribution < 1.29 is 4.79 Å². The first kappa shape index (κ1) is 10.4. The van der Waals surface area contributed by atoms with Crippen LogP contribution in [0.1, 0.15) is 38.3 Å². The van der Waals surface area contributed by atoms with Gasteiger partial charge in [0.05, 0.1) is 5.41 Å². The van der Waals surface area contributed by atoms with Crippen LogP contribution in [0.4, 0.5) is 0 Å². The smallest absolute Gasteiger partial charge is 0.148 e. The Morgan fingerprint density at radius 2 is 2.00 bits per heavy atom. The van der Waals surface area contributed by atoms with Gasteiger partial charge in [0.15, 0.2) is 0 Å². The minimum absolute atomic E-state index is 0.212. The standard InChI is InChI=1S/C14H18O/c1-4-14(10(2)3)12-8-6-5-7-11(12)9-13(14)15/h5-8,10H,4,9H2,1-3H3. The lowest BCUT2D eigenvalue weighted by atomic mass is 9.70. The van der Waals surface area contributed by atoms with Crippen molar-refractivity contribution in [2.45, 2.75) is 39.0 Å². The molecule has 1 heteroatoms. The third-order valence-corrected chi connectivity index (χ3v) is 3.89. The van der Waals surface area contributed by atoms with Crippen LogP contribution in [0.15, 0.2) is 24.3 Å². The molecule has 0 radical (unpaired) electrons. The zero-order valence-electron chi connectivity index (χ0n) is 9.71. The Kier molecular flexibility index (Phi) is 2.41. The van der Waals surface area contributed by atoms with Crippen molar-refractivity contribution in [3.05, 3.63) is 35.4 Å². The number of Topliss-reactive ketones (excluding diaryl/α,β-unsaturated/α-hetero) is 1. The Bertz CT molecular complexity index is 392. The van der Waals surface area contributed by atoms with Crippen molar-refractivity contribution in [1.82, 2.24) is 0 Å². The molecule has 0 aromatic heterocycles. The predicted octanol–water partition coefficient (Wildman–Crippen LogP) is 3.12. The molecular formula is C14H18O. The fourth-order valence-electron chi connectivity index (χ4n) is 3.02. The van der Waals surface area contributed by atoms with Gasteiger partial charge < -0.3 is 0 Å². The number of hydrogen-bond donors (Lipinski definition) is 0. The molecule has 0 spiro atoms. The topological polar surface area (TPSA) is 17.1 Å². The van der Waals surface area contributed by atoms with Gasteiger partial charge in [0, 0.05) is 6.42 Å². The summed E-state index contributed by atoms with van der Waals surface area (Å²) in [5.74, 6) is 0.792. The fraction of sp³-hybridized carbons (Fsp3) is 0.500. The molecule has 0 heterocycles. The Hall–Kier alpha value is -1.11. The summed E-state index contributed by atoms with van der Waals surface area (Å²) < 4.78 is 0. The molecule has 0 aliphatic heterocycles. The van der Waals surface area contributed by atoms with Crippen LogP contribution in [-0.2, 0) is 16.6 Å². The molecule has 80 valence electrons. The van der Waals surface area contributed by atoms with E-state index in [4.69, 9.17) is 0 Å². The molecular weight excluding hydrogens is 184 g/mol. The van der Waals surface area contributed by atoms with E-state index >= 15 is 0 Å². The van der Waals surface area contributed by atoms with E-state index in [2.05, 4.69) is 32.9 Å². The Balaban J connectivity index is 2.62. The number of ketones is 1. The van der Waals surface area contributed by atoms with Crippen LogP contribution in [0.3, 0.4) is 0 Å². The number of fused-ring (bicyclic) bond motifs is 1. The van der Waals surface area contributed by atoms with Crippen LogP contribution in [0, 0.1) is 5.92 Å². The van der Waals surface area contributed by atoms with Crippen LogP contribution in [0.25, 0.3) is 0 Å². The molecule has 1 atom stereocenters. The quantitative estimate of drug-likeness (QED) is 0.720. The molecule has 1 unspecified atom stereocenters. The molecule has 1 aliphatic rings. The Labute approximate surface area is 91.5 Å². The first-order chi connectivity index (χ1) is 7.13. The number of benzene rings is 1. The minimum Gasteiger partial charge on any atom is -0.298 e. The highest BCUT2D eigenvalue weighted by atomic mass is 16.1. The highest BCUT2D eigenvalue weighted by Gasteiger charge is 2.46. The number of rotatable bonds is 2. The summed E-state index contributed by atoms with van der Waals surface area (Å²) in [4.78, 5) is 12.2. The third kappa shape index (κ3) is 1.26. The molecule has 1 aromatic carbocycles. The maximum atomic E-state index is 12.2. The van der Waals surface area contributed by atoms with Crippen molar-refractivity contribution in [3.63, 3.8) is 0 Å². The van der Waals surface area contributed by atoms with E-state index in [-0.39, 0.29) is 5.41 Å². The zero-order chi connectivity index (χ0) is 11.1. The largest absolute Gasteiger partial charge is 0.298 e. The SMILES string of the molecule is CCC1(C(C)C)C(=O)Cc2ccccc21. The molecule has 1 nitrogen and oxygen atoms in total. The lowest BCUT2D eigenvalue weighted by Crippen LogP contribution is -2.36. The molecule has 0 N–H and O–H groups in total. The molecule has 0 saturated carbocycles. The van der Waals surface area contributed by atoms with Crippen molar-refractivity contribution in [1.29, 1.82) is 0 Å². The molecule has 1 aromatic rings. The number of hydrogen-bond acceptors (Lipinski definition) is 1. The second-order valence-corrected chi connectivity index (χ2v) is 4.74. The zero-order valence-corrected chi connectivity index (χ0v) is 9.71. The van der Waals surface area contributed by atoms with E-state index in [0.29, 0.717) is 18.1 Å². The average molecular weight is 202 g/mol. The molecule has 2 rings (SSSR count). The molecule has 15 heavy (non-hydrogen) atoms. The average Bonchev–Trinajstić information content (AvgIpc) is 2.50. The summed E-state index contributed by atoms with van der Waals surface area (Å²) in [5, 5.41) is 0. The van der Waals surface area contributed by atoms with Gasteiger partial charge >= 0.3 is 0 Å². The number of carbonyl (C=O) groups is 1. The van der Waals surface area contributed by atoms with Crippen molar-refractivity contribution >= 4 is 5.78 Å². The first-order valence-electron chi connectivity index (χ1n) is 5.74. The van der Waals surface area contributed by atoms with E-state index in [1.807, 2.05) is 12.1 Å². The third-order valence-electron chi connectivity index (χ3n) is 3.89. The summed E-state index contributed by atoms with van der Waals surface area (Å²) in [6.45, 7) is 6.44. The summed E-state index contributed by atoms with van der Waals surface area (Å²) in [7, 11) is 0. The molecule has 0 saturated heterocycles. The Morgan fingerprint density at radius 1 is 1.33 bits per heavy atom. The van der Waals surface area contributed by atoms with E-state index in [1.165, 1.54) is 11.1 Å². The van der Waals surface area contributed by atoms with Crippen LogP contribution in [0.5, 0.6) is 0 Å². The van der Waals surface area contributed by atoms with Crippen LogP contribution >= 0.6 is 0 Å². The summed E-state index contributed by atoms with van der Waals surface area (Å²) in [6, 6.07) is 8.29. The molecule has 0 fully saturated rings. The lowest BCUT2D eigenvalue weighted by Gasteiger charge is -2.31. The minimum atomic E-state index is -0.212. The first-order valence-corrected chi connectivity index (χ1v) is 5.74. The molecule has 0 amide bonds. The van der Waals surface area contributed by atoms with Gasteiger partial charge in [0.2, 0.25) is 0 Å². The Morgan fingerprint density at radius 3 is 2.60 bits per heavy atom. The van der Waals surface area contributed by atoms with Crippen LogP contribution < -0.4 is 0 Å². The summed E-state index contributed by atoms with van der Waals surface area (Å²) in [5.41, 5.74) is 2.29. The maximum Gasteiger partial charge on any atom is 0.148 e. The van der Waals surface area contributed by atoms with Gasteiger partial charge in [-0.05, 0) is 23.5 Å². The van der Waals surface area contributed by atoms with E-state index in [9.17, 15) is 4.79 Å². The van der Waals surface area contributed by atoms with Crippen molar-refractivity contribution in [3.8, 4) is 0 Å². The highest BCUT2D eigenvalue weighted by Crippen LogP contribution is 2.44. The van der Waals surface area contributed by atoms with E-state index < -0.39 is 0 Å². The second-order valence-electron chi connectivity index (χ2n) is 4.74. The van der Waals surface area contributed by atoms with Crippen LogP contribution in [0.2, 0.25) is 0 Å². The van der Waals surface area contributed by atoms with Crippen LogP contribution in [-0.4, -0.2) is 5.78 Å². The number of carbonyl (C=O) groups excluding carboxylic acids is 1. The predicted molar refractivity (Wildman–Crippen MR) is 62.0 cm³/mol. The van der Waals surface area contributed by atoms with E-state index in [1.54, 1.807) is 0 Å². The second kappa shape index (κ2) is 3.48. The van der Waals surface area contributed by atoms with Gasteiger partial charge in [-0.15, -0.1) is 0 Å². The van der Waals surface area contributed by atoms with Crippen molar-refractivity contribution in [2.75, 3.05) is 0 Å². The van der Waals surface area contributed by atoms with Crippen molar-refractivity contribution in [2.24, 2.45) is 5.92 Å². The molecule has 0 bridgehead atoms. The van der Waals surface area contributed by atoms with Gasteiger partial charge in [0.1, 0.15) is 5.78 Å². The lowest BCUT2D eigenvalue weighted by molar-refractivity contribution is -0.124. The van der Waals surface area contributed by atoms with Gasteiger partial charge in [-0.1, -0.05) is 45.0 Å². The molecule has 1 aliphatic carbocycles. The van der Waals surface area contributed by atoms with Gasteiger partial charge in [-0.2, -0.15) is 0 Å². The van der Waals surface area contributed by atoms with Gasteiger partial charge in [-0.25, -0.2) is 0 Å². The summed E-state index contributed by atoms with van der Waals surface area (Å²) >= 11 is 0. The van der Waals surface area contributed by atoms with Gasteiger partial charge in [0.25, 0.3) is 0 Å². The highest BCUT2D eigenvalue weighted by molar-refractivity contribution is 5.96. The normalized spacial score (nSPS) is 24.7. The monoisotopic (exact) mass is 202 g/mol.